The molecule has 1 fully saturated rings. The molecule has 0 saturated heterocycles. The molecule has 21 heavy (non-hydrogen) atoms. The maximum Gasteiger partial charge on any atom is 0.240 e. The van der Waals surface area contributed by atoms with Crippen molar-refractivity contribution in [1.82, 2.24) is 4.72 Å². The van der Waals surface area contributed by atoms with Crippen LogP contribution in [0.1, 0.15) is 64.4 Å². The average molecular weight is 309 g/mol. The summed E-state index contributed by atoms with van der Waals surface area (Å²) in [4.78, 5) is 0.383. The van der Waals surface area contributed by atoms with E-state index in [1.807, 2.05) is 12.1 Å². The van der Waals surface area contributed by atoms with Crippen LogP contribution < -0.4 is 4.72 Å². The van der Waals surface area contributed by atoms with Crippen LogP contribution in [0.2, 0.25) is 0 Å². The van der Waals surface area contributed by atoms with Crippen molar-refractivity contribution in [1.29, 1.82) is 0 Å². The minimum atomic E-state index is -3.38. The first-order valence-corrected chi connectivity index (χ1v) is 9.53. The molecule has 1 aromatic rings. The van der Waals surface area contributed by atoms with Crippen LogP contribution >= 0.6 is 0 Å². The third kappa shape index (κ3) is 4.30. The third-order valence-electron chi connectivity index (χ3n) is 4.71. The molecule has 0 bridgehead atoms. The fourth-order valence-electron chi connectivity index (χ4n) is 2.88. The lowest BCUT2D eigenvalue weighted by Gasteiger charge is -2.26. The maximum atomic E-state index is 12.4. The first kappa shape index (κ1) is 16.5. The number of rotatable bonds is 5. The van der Waals surface area contributed by atoms with Gasteiger partial charge in [0.2, 0.25) is 10.0 Å². The second-order valence-corrected chi connectivity index (χ2v) is 8.17. The van der Waals surface area contributed by atoms with Crippen LogP contribution in [0.3, 0.4) is 0 Å². The number of benzene rings is 1. The van der Waals surface area contributed by atoms with E-state index in [1.165, 1.54) is 5.56 Å². The first-order chi connectivity index (χ1) is 9.92. The summed E-state index contributed by atoms with van der Waals surface area (Å²) in [5.74, 6) is 1.19. The largest absolute Gasteiger partial charge is 0.240 e. The van der Waals surface area contributed by atoms with E-state index in [0.717, 1.165) is 38.0 Å². The molecular weight excluding hydrogens is 282 g/mol. The van der Waals surface area contributed by atoms with Gasteiger partial charge in [0, 0.05) is 6.04 Å². The van der Waals surface area contributed by atoms with E-state index in [2.05, 4.69) is 25.5 Å². The summed E-state index contributed by atoms with van der Waals surface area (Å²) in [6.07, 6.45) is 5.18. The lowest BCUT2D eigenvalue weighted by atomic mass is 9.88. The molecule has 0 aliphatic heterocycles. The van der Waals surface area contributed by atoms with Crippen molar-refractivity contribution >= 4 is 10.0 Å². The molecule has 0 spiro atoms. The highest BCUT2D eigenvalue weighted by Crippen LogP contribution is 2.25. The summed E-state index contributed by atoms with van der Waals surface area (Å²) in [6, 6.07) is 7.43. The fourth-order valence-corrected chi connectivity index (χ4v) is 4.18. The summed E-state index contributed by atoms with van der Waals surface area (Å²) in [5.41, 5.74) is 1.20. The number of hydrogen-bond donors (Lipinski definition) is 1. The summed E-state index contributed by atoms with van der Waals surface area (Å²) >= 11 is 0. The SMILES string of the molecule is CCC(C)c1ccc(S(=O)(=O)NC2CCC(C)CC2)cc1. The lowest BCUT2D eigenvalue weighted by molar-refractivity contribution is 0.332. The van der Waals surface area contributed by atoms with Crippen LogP contribution in [0, 0.1) is 5.92 Å². The molecule has 1 unspecified atom stereocenters. The van der Waals surface area contributed by atoms with Crippen molar-refractivity contribution in [3.8, 4) is 0 Å². The Kier molecular flexibility index (Phi) is 5.44. The first-order valence-electron chi connectivity index (χ1n) is 8.04. The Bertz CT molecular complexity index is 543. The van der Waals surface area contributed by atoms with Gasteiger partial charge in [-0.2, -0.15) is 0 Å². The molecule has 0 aromatic heterocycles. The minimum absolute atomic E-state index is 0.0976. The van der Waals surface area contributed by atoms with Gasteiger partial charge in [0.25, 0.3) is 0 Å². The number of hydrogen-bond acceptors (Lipinski definition) is 2. The predicted octanol–water partition coefficient (Wildman–Crippen LogP) is 4.06. The molecule has 1 aliphatic carbocycles. The van der Waals surface area contributed by atoms with Crippen LogP contribution in [0.5, 0.6) is 0 Å². The Morgan fingerprint density at radius 2 is 1.71 bits per heavy atom. The van der Waals surface area contributed by atoms with Crippen LogP contribution in [0.15, 0.2) is 29.2 Å². The number of sulfonamides is 1. The highest BCUT2D eigenvalue weighted by atomic mass is 32.2. The molecule has 4 heteroatoms. The summed E-state index contributed by atoms with van der Waals surface area (Å²) in [7, 11) is -3.38. The van der Waals surface area contributed by atoms with Gasteiger partial charge in [0.1, 0.15) is 0 Å². The average Bonchev–Trinajstić information content (AvgIpc) is 2.49. The van der Waals surface area contributed by atoms with E-state index in [4.69, 9.17) is 0 Å². The maximum absolute atomic E-state index is 12.4. The van der Waals surface area contributed by atoms with E-state index in [-0.39, 0.29) is 6.04 Å². The minimum Gasteiger partial charge on any atom is -0.208 e. The molecule has 1 aromatic carbocycles. The van der Waals surface area contributed by atoms with Crippen molar-refractivity contribution in [3.63, 3.8) is 0 Å². The zero-order chi connectivity index (χ0) is 15.5. The molecule has 1 atom stereocenters. The Balaban J connectivity index is 2.05. The Morgan fingerprint density at radius 1 is 1.14 bits per heavy atom. The summed E-state index contributed by atoms with van der Waals surface area (Å²) < 4.78 is 27.7. The quantitative estimate of drug-likeness (QED) is 0.891. The lowest BCUT2D eigenvalue weighted by Crippen LogP contribution is -2.37. The molecule has 1 aliphatic rings. The highest BCUT2D eigenvalue weighted by molar-refractivity contribution is 7.89. The van der Waals surface area contributed by atoms with Gasteiger partial charge in [-0.25, -0.2) is 13.1 Å². The van der Waals surface area contributed by atoms with Gasteiger partial charge in [0.15, 0.2) is 0 Å². The van der Waals surface area contributed by atoms with Crippen molar-refractivity contribution in [2.75, 3.05) is 0 Å². The van der Waals surface area contributed by atoms with Crippen LogP contribution in [0.4, 0.5) is 0 Å². The van der Waals surface area contributed by atoms with E-state index >= 15 is 0 Å². The normalized spacial score (nSPS) is 24.7. The zero-order valence-corrected chi connectivity index (χ0v) is 14.1. The smallest absolute Gasteiger partial charge is 0.208 e. The Morgan fingerprint density at radius 3 is 2.24 bits per heavy atom. The summed E-state index contributed by atoms with van der Waals surface area (Å²) in [5, 5.41) is 0. The van der Waals surface area contributed by atoms with Gasteiger partial charge in [-0.1, -0.05) is 32.9 Å². The van der Waals surface area contributed by atoms with Gasteiger partial charge in [-0.15, -0.1) is 0 Å². The van der Waals surface area contributed by atoms with E-state index in [9.17, 15) is 8.42 Å². The number of nitrogens with one attached hydrogen (secondary N) is 1. The fraction of sp³-hybridized carbons (Fsp3) is 0.647. The van der Waals surface area contributed by atoms with Gasteiger partial charge in [0.05, 0.1) is 4.90 Å². The second kappa shape index (κ2) is 6.93. The van der Waals surface area contributed by atoms with Crippen molar-refractivity contribution in [3.05, 3.63) is 29.8 Å². The highest BCUT2D eigenvalue weighted by Gasteiger charge is 2.24. The van der Waals surface area contributed by atoms with Gasteiger partial charge in [-0.3, -0.25) is 0 Å². The van der Waals surface area contributed by atoms with Crippen molar-refractivity contribution in [2.45, 2.75) is 69.7 Å². The van der Waals surface area contributed by atoms with Crippen molar-refractivity contribution in [2.24, 2.45) is 5.92 Å². The van der Waals surface area contributed by atoms with E-state index in [1.54, 1.807) is 12.1 Å². The molecule has 1 N–H and O–H groups in total. The standard InChI is InChI=1S/C17H27NO2S/c1-4-14(3)15-7-11-17(12-8-15)21(19,20)18-16-9-5-13(2)6-10-16/h7-8,11-14,16,18H,4-6,9-10H2,1-3H3. The molecule has 2 rings (SSSR count). The Labute approximate surface area is 129 Å². The topological polar surface area (TPSA) is 46.2 Å². The molecular formula is C17H27NO2S. The monoisotopic (exact) mass is 309 g/mol. The van der Waals surface area contributed by atoms with Gasteiger partial charge in [-0.05, 0) is 61.6 Å². The van der Waals surface area contributed by atoms with Crippen LogP contribution in [0.25, 0.3) is 0 Å². The van der Waals surface area contributed by atoms with Crippen LogP contribution in [-0.4, -0.2) is 14.5 Å². The van der Waals surface area contributed by atoms with E-state index < -0.39 is 10.0 Å². The second-order valence-electron chi connectivity index (χ2n) is 6.46. The predicted molar refractivity (Wildman–Crippen MR) is 86.9 cm³/mol. The molecule has 3 nitrogen and oxygen atoms in total. The van der Waals surface area contributed by atoms with Gasteiger partial charge >= 0.3 is 0 Å². The molecule has 0 heterocycles. The van der Waals surface area contributed by atoms with Crippen molar-refractivity contribution < 1.29 is 8.42 Å². The zero-order valence-electron chi connectivity index (χ0n) is 13.3. The van der Waals surface area contributed by atoms with E-state index in [0.29, 0.717) is 10.8 Å². The van der Waals surface area contributed by atoms with Gasteiger partial charge < -0.3 is 0 Å². The molecule has 118 valence electrons. The Hall–Kier alpha value is -0.870. The molecule has 1 saturated carbocycles. The molecule has 0 radical (unpaired) electrons. The van der Waals surface area contributed by atoms with Crippen LogP contribution in [-0.2, 0) is 10.0 Å². The third-order valence-corrected chi connectivity index (χ3v) is 6.25. The molecule has 0 amide bonds. The summed E-state index contributed by atoms with van der Waals surface area (Å²) in [6.45, 7) is 6.53.